The number of rotatable bonds is 2. The second-order valence-electron chi connectivity index (χ2n) is 7.89. The number of likely N-dealkylation sites (tertiary alicyclic amines) is 1. The molecule has 1 aromatic heterocycles. The summed E-state index contributed by atoms with van der Waals surface area (Å²) in [4.78, 5) is 49.6. The van der Waals surface area contributed by atoms with Crippen LogP contribution in [0.5, 0.6) is 0 Å². The number of hydrogen-bond donors (Lipinski definition) is 2. The normalized spacial score (nSPS) is 20.9. The van der Waals surface area contributed by atoms with Gasteiger partial charge in [0.2, 0.25) is 11.8 Å². The van der Waals surface area contributed by atoms with Crippen LogP contribution in [0.25, 0.3) is 11.0 Å². The van der Waals surface area contributed by atoms with Gasteiger partial charge in [-0.15, -0.1) is 0 Å². The van der Waals surface area contributed by atoms with E-state index in [1.54, 1.807) is 11.6 Å². The number of aryl methyl sites for hydroxylation is 2. The summed E-state index contributed by atoms with van der Waals surface area (Å²) < 4.78 is 3.07. The number of piperidine rings is 2. The molecule has 0 saturated carbocycles. The first-order chi connectivity index (χ1) is 13.8. The van der Waals surface area contributed by atoms with Crippen LogP contribution in [0.2, 0.25) is 0 Å². The molecule has 154 valence electrons. The Bertz CT molecular complexity index is 1070. The number of carbonyl (C=O) groups is 3. The topological polar surface area (TPSA) is 114 Å². The molecular formula is C20H24N4O5. The van der Waals surface area contributed by atoms with E-state index in [2.05, 4.69) is 5.32 Å². The second-order valence-corrected chi connectivity index (χ2v) is 7.89. The summed E-state index contributed by atoms with van der Waals surface area (Å²) in [6.07, 6.45) is 0.957. The summed E-state index contributed by atoms with van der Waals surface area (Å²) in [7, 11) is 1.70. The van der Waals surface area contributed by atoms with Gasteiger partial charge in [0.1, 0.15) is 6.04 Å². The summed E-state index contributed by atoms with van der Waals surface area (Å²) in [5.41, 5.74) is 3.26. The van der Waals surface area contributed by atoms with E-state index in [0.717, 1.165) is 16.6 Å². The van der Waals surface area contributed by atoms with Gasteiger partial charge in [-0.25, -0.2) is 9.59 Å². The fourth-order valence-corrected chi connectivity index (χ4v) is 4.71. The first-order valence-electron chi connectivity index (χ1n) is 9.81. The molecule has 1 atom stereocenters. The highest BCUT2D eigenvalue weighted by Crippen LogP contribution is 2.36. The Hall–Kier alpha value is -3.10. The van der Waals surface area contributed by atoms with Crippen molar-refractivity contribution in [1.82, 2.24) is 19.4 Å². The molecule has 2 N–H and O–H groups in total. The van der Waals surface area contributed by atoms with Crippen molar-refractivity contribution >= 4 is 28.9 Å². The van der Waals surface area contributed by atoms with Crippen LogP contribution >= 0.6 is 0 Å². The van der Waals surface area contributed by atoms with Gasteiger partial charge in [-0.2, -0.15) is 0 Å². The fraction of sp³-hybridized carbons (Fsp3) is 0.500. The molecule has 0 aliphatic carbocycles. The Balaban J connectivity index is 1.81. The average molecular weight is 400 g/mol. The smallest absolute Gasteiger partial charge is 0.407 e. The molecule has 9 heteroatoms. The third kappa shape index (κ3) is 3.10. The zero-order valence-corrected chi connectivity index (χ0v) is 16.5. The maximum absolute atomic E-state index is 13.1. The molecule has 0 spiro atoms. The lowest BCUT2D eigenvalue weighted by atomic mass is 9.86. The SMILES string of the molecule is Cc1ccc2c(c1C1CCN(C(=O)O)CC1)n(C)c(=O)n2C1CCC(=O)NC1=O. The van der Waals surface area contributed by atoms with Crippen molar-refractivity contribution in [2.45, 2.75) is 44.6 Å². The first-order valence-corrected chi connectivity index (χ1v) is 9.81. The fourth-order valence-electron chi connectivity index (χ4n) is 4.71. The zero-order valence-electron chi connectivity index (χ0n) is 16.5. The van der Waals surface area contributed by atoms with Crippen LogP contribution in [0.1, 0.15) is 48.8 Å². The van der Waals surface area contributed by atoms with Crippen LogP contribution in [0.4, 0.5) is 4.79 Å². The molecule has 2 aliphatic rings. The van der Waals surface area contributed by atoms with E-state index in [1.165, 1.54) is 9.47 Å². The molecule has 2 aromatic rings. The summed E-state index contributed by atoms with van der Waals surface area (Å²) in [6, 6.07) is 3.09. The lowest BCUT2D eigenvalue weighted by Gasteiger charge is -2.31. The maximum atomic E-state index is 13.1. The standard InChI is InChI=1S/C20H24N4O5/c1-11-3-4-13-17(16(11)12-7-9-23(10-8-12)20(28)29)22(2)19(27)24(13)14-5-6-15(25)21-18(14)26/h3-4,12,14H,5-10H2,1-2H3,(H,28,29)(H,21,25,26). The van der Waals surface area contributed by atoms with Gasteiger partial charge in [0, 0.05) is 26.6 Å². The van der Waals surface area contributed by atoms with Gasteiger partial charge in [-0.3, -0.25) is 24.0 Å². The Morgan fingerprint density at radius 1 is 1.14 bits per heavy atom. The average Bonchev–Trinajstić information content (AvgIpc) is 2.93. The first kappa shape index (κ1) is 19.2. The van der Waals surface area contributed by atoms with E-state index < -0.39 is 18.0 Å². The molecule has 0 radical (unpaired) electrons. The molecule has 2 fully saturated rings. The number of carbonyl (C=O) groups excluding carboxylic acids is 2. The van der Waals surface area contributed by atoms with Crippen LogP contribution in [-0.2, 0) is 16.6 Å². The van der Waals surface area contributed by atoms with Crippen molar-refractivity contribution in [1.29, 1.82) is 0 Å². The Kier molecular flexibility index (Phi) is 4.68. The predicted octanol–water partition coefficient (Wildman–Crippen LogP) is 1.48. The Labute approximate surface area is 166 Å². The van der Waals surface area contributed by atoms with E-state index in [4.69, 9.17) is 0 Å². The second kappa shape index (κ2) is 7.06. The third-order valence-electron chi connectivity index (χ3n) is 6.20. The van der Waals surface area contributed by atoms with Crippen molar-refractivity contribution in [2.24, 2.45) is 7.05 Å². The van der Waals surface area contributed by atoms with E-state index in [9.17, 15) is 24.3 Å². The van der Waals surface area contributed by atoms with Crippen LogP contribution in [-0.4, -0.2) is 50.1 Å². The van der Waals surface area contributed by atoms with Crippen LogP contribution < -0.4 is 11.0 Å². The van der Waals surface area contributed by atoms with Crippen LogP contribution in [0, 0.1) is 6.92 Å². The number of benzene rings is 1. The minimum absolute atomic E-state index is 0.137. The highest BCUT2D eigenvalue weighted by molar-refractivity contribution is 6.00. The molecule has 0 bridgehead atoms. The molecule has 1 unspecified atom stereocenters. The van der Waals surface area contributed by atoms with Gasteiger partial charge in [0.25, 0.3) is 0 Å². The van der Waals surface area contributed by atoms with Crippen molar-refractivity contribution in [2.75, 3.05) is 13.1 Å². The minimum Gasteiger partial charge on any atom is -0.465 e. The highest BCUT2D eigenvalue weighted by Gasteiger charge is 2.33. The molecule has 9 nitrogen and oxygen atoms in total. The minimum atomic E-state index is -0.908. The van der Waals surface area contributed by atoms with Crippen LogP contribution in [0.3, 0.4) is 0 Å². The van der Waals surface area contributed by atoms with Gasteiger partial charge < -0.3 is 10.0 Å². The maximum Gasteiger partial charge on any atom is 0.407 e. The van der Waals surface area contributed by atoms with Gasteiger partial charge in [-0.05, 0) is 49.3 Å². The van der Waals surface area contributed by atoms with Crippen molar-refractivity contribution in [3.05, 3.63) is 33.7 Å². The van der Waals surface area contributed by atoms with E-state index in [-0.39, 0.29) is 23.9 Å². The zero-order chi connectivity index (χ0) is 20.9. The number of amides is 3. The third-order valence-corrected chi connectivity index (χ3v) is 6.20. The van der Waals surface area contributed by atoms with Gasteiger partial charge in [0.15, 0.2) is 0 Å². The molecule has 4 rings (SSSR count). The van der Waals surface area contributed by atoms with Gasteiger partial charge in [0.05, 0.1) is 11.0 Å². The largest absolute Gasteiger partial charge is 0.465 e. The number of carboxylic acid groups (broad SMARTS) is 1. The summed E-state index contributed by atoms with van der Waals surface area (Å²) in [5, 5.41) is 11.5. The molecular weight excluding hydrogens is 376 g/mol. The lowest BCUT2D eigenvalue weighted by Crippen LogP contribution is -2.44. The van der Waals surface area contributed by atoms with E-state index in [0.29, 0.717) is 37.9 Å². The number of nitrogens with zero attached hydrogens (tertiary/aromatic N) is 3. The monoisotopic (exact) mass is 400 g/mol. The summed E-state index contributed by atoms with van der Waals surface area (Å²) >= 11 is 0. The number of fused-ring (bicyclic) bond motifs is 1. The molecule has 2 aliphatic heterocycles. The summed E-state index contributed by atoms with van der Waals surface area (Å²) in [5.74, 6) is -0.633. The van der Waals surface area contributed by atoms with E-state index in [1.807, 2.05) is 19.1 Å². The van der Waals surface area contributed by atoms with E-state index >= 15 is 0 Å². The number of nitrogens with one attached hydrogen (secondary N) is 1. The quantitative estimate of drug-likeness (QED) is 0.742. The number of aromatic nitrogens is 2. The van der Waals surface area contributed by atoms with Crippen molar-refractivity contribution < 1.29 is 19.5 Å². The molecule has 2 saturated heterocycles. The molecule has 3 amide bonds. The van der Waals surface area contributed by atoms with Crippen molar-refractivity contribution in [3.8, 4) is 0 Å². The molecule has 3 heterocycles. The number of imidazole rings is 1. The summed E-state index contributed by atoms with van der Waals surface area (Å²) in [6.45, 7) is 2.90. The molecule has 1 aromatic carbocycles. The predicted molar refractivity (Wildman–Crippen MR) is 105 cm³/mol. The Morgan fingerprint density at radius 2 is 1.83 bits per heavy atom. The number of imide groups is 1. The lowest BCUT2D eigenvalue weighted by molar-refractivity contribution is -0.135. The van der Waals surface area contributed by atoms with Crippen molar-refractivity contribution in [3.63, 3.8) is 0 Å². The Morgan fingerprint density at radius 3 is 2.45 bits per heavy atom. The highest BCUT2D eigenvalue weighted by atomic mass is 16.4. The van der Waals surface area contributed by atoms with Gasteiger partial charge in [-0.1, -0.05) is 6.07 Å². The van der Waals surface area contributed by atoms with Crippen LogP contribution in [0.15, 0.2) is 16.9 Å². The molecule has 29 heavy (non-hydrogen) atoms. The number of hydrogen-bond acceptors (Lipinski definition) is 4. The van der Waals surface area contributed by atoms with Gasteiger partial charge >= 0.3 is 11.8 Å².